The van der Waals surface area contributed by atoms with Crippen LogP contribution in [0, 0.1) is 0 Å². The summed E-state index contributed by atoms with van der Waals surface area (Å²) in [6.45, 7) is 7.73. The van der Waals surface area contributed by atoms with Crippen molar-refractivity contribution in [3.63, 3.8) is 0 Å². The first-order valence-electron chi connectivity index (χ1n) is 11.8. The first kappa shape index (κ1) is 24.4. The SMILES string of the molecule is CSc1ccc(CN2C(=O)c3cc4ccccc4n3C[C@]2(C)C(=O)NCCCOC(C)C)cc1. The highest BCUT2D eigenvalue weighted by Crippen LogP contribution is 2.33. The Bertz CT molecular complexity index is 1170. The number of nitrogens with zero attached hydrogens (tertiary/aromatic N) is 2. The standard InChI is InChI=1S/C27H33N3O3S/c1-19(2)33-15-7-14-28-26(32)27(3)18-29-23-9-6-5-8-21(23)16-24(29)25(31)30(27)17-20-10-12-22(34-4)13-11-20/h5-6,8-13,16,19H,7,14-15,17-18H2,1-4H3,(H,28,32)/t27-/m1/s1. The number of hydrogen-bond acceptors (Lipinski definition) is 4. The predicted molar refractivity (Wildman–Crippen MR) is 137 cm³/mol. The van der Waals surface area contributed by atoms with Gasteiger partial charge in [0.1, 0.15) is 11.2 Å². The van der Waals surface area contributed by atoms with E-state index >= 15 is 0 Å². The van der Waals surface area contributed by atoms with E-state index in [2.05, 4.69) is 17.4 Å². The van der Waals surface area contributed by atoms with Crippen LogP contribution in [0.2, 0.25) is 0 Å². The van der Waals surface area contributed by atoms with Crippen LogP contribution in [0.1, 0.15) is 43.2 Å². The highest BCUT2D eigenvalue weighted by molar-refractivity contribution is 7.98. The number of nitrogens with one attached hydrogen (secondary N) is 1. The van der Waals surface area contributed by atoms with Gasteiger partial charge in [0.05, 0.1) is 12.6 Å². The van der Waals surface area contributed by atoms with Crippen LogP contribution in [0.15, 0.2) is 59.5 Å². The lowest BCUT2D eigenvalue weighted by molar-refractivity contribution is -0.133. The number of amides is 2. The summed E-state index contributed by atoms with van der Waals surface area (Å²) in [6.07, 6.45) is 2.93. The summed E-state index contributed by atoms with van der Waals surface area (Å²) in [6, 6.07) is 18.0. The highest BCUT2D eigenvalue weighted by Gasteiger charge is 2.47. The van der Waals surface area contributed by atoms with Gasteiger partial charge >= 0.3 is 0 Å². The number of para-hydroxylation sites is 1. The lowest BCUT2D eigenvalue weighted by Gasteiger charge is -2.44. The van der Waals surface area contributed by atoms with Gasteiger partial charge in [-0.3, -0.25) is 9.59 Å². The molecule has 0 bridgehead atoms. The largest absolute Gasteiger partial charge is 0.379 e. The second-order valence-corrected chi connectivity index (χ2v) is 10.1. The Kier molecular flexibility index (Phi) is 7.33. The van der Waals surface area contributed by atoms with Crippen LogP contribution in [0.3, 0.4) is 0 Å². The molecule has 7 heteroatoms. The monoisotopic (exact) mass is 479 g/mol. The number of thioether (sulfide) groups is 1. The minimum atomic E-state index is -1.02. The Balaban J connectivity index is 1.63. The molecule has 180 valence electrons. The first-order valence-corrected chi connectivity index (χ1v) is 13.0. The second kappa shape index (κ2) is 10.2. The Morgan fingerprint density at radius 1 is 1.18 bits per heavy atom. The molecule has 4 rings (SSSR count). The fourth-order valence-electron chi connectivity index (χ4n) is 4.45. The summed E-state index contributed by atoms with van der Waals surface area (Å²) in [5.74, 6) is -0.272. The molecule has 0 radical (unpaired) electrons. The molecule has 34 heavy (non-hydrogen) atoms. The molecule has 1 aliphatic rings. The van der Waals surface area contributed by atoms with E-state index in [4.69, 9.17) is 4.74 Å². The molecule has 2 aromatic carbocycles. The second-order valence-electron chi connectivity index (χ2n) is 9.22. The van der Waals surface area contributed by atoms with E-state index in [0.717, 1.165) is 27.8 Å². The molecule has 1 aliphatic heterocycles. The zero-order valence-electron chi connectivity index (χ0n) is 20.3. The maximum Gasteiger partial charge on any atom is 0.271 e. The number of ether oxygens (including phenoxy) is 1. The molecule has 3 aromatic rings. The lowest BCUT2D eigenvalue weighted by Crippen LogP contribution is -2.63. The van der Waals surface area contributed by atoms with Gasteiger partial charge in [-0.25, -0.2) is 0 Å². The van der Waals surface area contributed by atoms with Crippen molar-refractivity contribution in [3.05, 3.63) is 65.9 Å². The van der Waals surface area contributed by atoms with Crippen LogP contribution in [0.25, 0.3) is 10.9 Å². The van der Waals surface area contributed by atoms with Gasteiger partial charge in [-0.2, -0.15) is 0 Å². The molecule has 1 N–H and O–H groups in total. The fourth-order valence-corrected chi connectivity index (χ4v) is 4.86. The van der Waals surface area contributed by atoms with Gasteiger partial charge in [-0.15, -0.1) is 11.8 Å². The van der Waals surface area contributed by atoms with Crippen molar-refractivity contribution in [1.29, 1.82) is 0 Å². The summed E-state index contributed by atoms with van der Waals surface area (Å²) in [5.41, 5.74) is 1.57. The maximum atomic E-state index is 13.8. The molecule has 6 nitrogen and oxygen atoms in total. The van der Waals surface area contributed by atoms with Gasteiger partial charge in [0.2, 0.25) is 5.91 Å². The number of carbonyl (C=O) groups excluding carboxylic acids is 2. The summed E-state index contributed by atoms with van der Waals surface area (Å²) in [4.78, 5) is 30.3. The molecule has 0 saturated carbocycles. The first-order chi connectivity index (χ1) is 16.3. The van der Waals surface area contributed by atoms with Crippen LogP contribution in [-0.4, -0.2) is 52.3 Å². The van der Waals surface area contributed by atoms with Gasteiger partial charge in [-0.1, -0.05) is 30.3 Å². The lowest BCUT2D eigenvalue weighted by atomic mass is 9.93. The van der Waals surface area contributed by atoms with E-state index in [1.807, 2.05) is 74.1 Å². The van der Waals surface area contributed by atoms with Gasteiger partial charge in [0, 0.05) is 35.5 Å². The third-order valence-corrected chi connectivity index (χ3v) is 7.13. The van der Waals surface area contributed by atoms with Crippen molar-refractivity contribution in [3.8, 4) is 0 Å². The molecule has 0 fully saturated rings. The maximum absolute atomic E-state index is 13.8. The molecule has 1 atom stereocenters. The van der Waals surface area contributed by atoms with Gasteiger partial charge in [-0.05, 0) is 63.3 Å². The Morgan fingerprint density at radius 2 is 1.91 bits per heavy atom. The molecule has 1 aromatic heterocycles. The third-order valence-electron chi connectivity index (χ3n) is 6.38. The molecule has 0 unspecified atom stereocenters. The van der Waals surface area contributed by atoms with Crippen molar-refractivity contribution < 1.29 is 14.3 Å². The minimum Gasteiger partial charge on any atom is -0.379 e. The van der Waals surface area contributed by atoms with Gasteiger partial charge < -0.3 is 19.5 Å². The van der Waals surface area contributed by atoms with Crippen molar-refractivity contribution in [2.24, 2.45) is 0 Å². The Hall–Kier alpha value is -2.77. The van der Waals surface area contributed by atoms with E-state index < -0.39 is 5.54 Å². The molecule has 2 heterocycles. The normalized spacial score (nSPS) is 17.9. The van der Waals surface area contributed by atoms with Crippen molar-refractivity contribution in [2.75, 3.05) is 19.4 Å². The number of carbonyl (C=O) groups is 2. The minimum absolute atomic E-state index is 0.128. The summed E-state index contributed by atoms with van der Waals surface area (Å²) in [7, 11) is 0. The Labute approximate surface area is 205 Å². The summed E-state index contributed by atoms with van der Waals surface area (Å²) >= 11 is 1.68. The molecule has 0 aliphatic carbocycles. The van der Waals surface area contributed by atoms with Crippen LogP contribution in [0.4, 0.5) is 0 Å². The topological polar surface area (TPSA) is 63.6 Å². The molecule has 2 amide bonds. The van der Waals surface area contributed by atoms with Gasteiger partial charge in [0.15, 0.2) is 0 Å². The zero-order chi connectivity index (χ0) is 24.3. The number of aromatic nitrogens is 1. The van der Waals surface area contributed by atoms with Crippen LogP contribution in [-0.2, 0) is 22.6 Å². The van der Waals surface area contributed by atoms with Crippen LogP contribution < -0.4 is 5.32 Å². The average Bonchev–Trinajstić information content (AvgIpc) is 3.20. The molecular weight excluding hydrogens is 446 g/mol. The fraction of sp³-hybridized carbons (Fsp3) is 0.407. The van der Waals surface area contributed by atoms with E-state index in [0.29, 0.717) is 31.9 Å². The van der Waals surface area contributed by atoms with Crippen molar-refractivity contribution in [2.45, 2.75) is 56.8 Å². The zero-order valence-corrected chi connectivity index (χ0v) is 21.2. The van der Waals surface area contributed by atoms with E-state index in [1.54, 1.807) is 16.7 Å². The third kappa shape index (κ3) is 4.86. The smallest absolute Gasteiger partial charge is 0.271 e. The van der Waals surface area contributed by atoms with E-state index in [1.165, 1.54) is 0 Å². The van der Waals surface area contributed by atoms with Gasteiger partial charge in [0.25, 0.3) is 5.91 Å². The number of hydrogen-bond donors (Lipinski definition) is 1. The van der Waals surface area contributed by atoms with Crippen molar-refractivity contribution in [1.82, 2.24) is 14.8 Å². The van der Waals surface area contributed by atoms with Crippen LogP contribution >= 0.6 is 11.8 Å². The number of fused-ring (bicyclic) bond motifs is 3. The quantitative estimate of drug-likeness (QED) is 0.357. The molecular formula is C27H33N3O3S. The van der Waals surface area contributed by atoms with Crippen LogP contribution in [0.5, 0.6) is 0 Å². The highest BCUT2D eigenvalue weighted by atomic mass is 32.2. The number of rotatable bonds is 9. The Morgan fingerprint density at radius 3 is 2.62 bits per heavy atom. The van der Waals surface area contributed by atoms with E-state index in [9.17, 15) is 9.59 Å². The summed E-state index contributed by atoms with van der Waals surface area (Å²) in [5, 5.41) is 4.07. The number of benzene rings is 2. The average molecular weight is 480 g/mol. The predicted octanol–water partition coefficient (Wildman–Crippen LogP) is 4.71. The molecule has 0 saturated heterocycles. The summed E-state index contributed by atoms with van der Waals surface area (Å²) < 4.78 is 7.59. The molecule has 0 spiro atoms. The van der Waals surface area contributed by atoms with E-state index in [-0.39, 0.29) is 17.9 Å². The van der Waals surface area contributed by atoms with Crippen molar-refractivity contribution >= 4 is 34.5 Å².